The van der Waals surface area contributed by atoms with Gasteiger partial charge in [0.25, 0.3) is 0 Å². The molecular weight excluding hydrogens is 351 g/mol. The van der Waals surface area contributed by atoms with E-state index in [0.717, 1.165) is 39.0 Å². The molecule has 0 amide bonds. The second-order valence-corrected chi connectivity index (χ2v) is 8.05. The molecule has 3 heterocycles. The van der Waals surface area contributed by atoms with Crippen molar-refractivity contribution in [2.24, 2.45) is 0 Å². The van der Waals surface area contributed by atoms with Gasteiger partial charge in [-0.15, -0.1) is 0 Å². The van der Waals surface area contributed by atoms with E-state index in [4.69, 9.17) is 0 Å². The summed E-state index contributed by atoms with van der Waals surface area (Å²) in [5.41, 5.74) is 6.59. The summed E-state index contributed by atoms with van der Waals surface area (Å²) in [5, 5.41) is 1.43. The highest BCUT2D eigenvalue weighted by molar-refractivity contribution is 5.96. The van der Waals surface area contributed by atoms with Crippen LogP contribution in [-0.4, -0.2) is 28.3 Å². The highest BCUT2D eigenvalue weighted by atomic mass is 19.1. The smallest absolute Gasteiger partial charge is 0.162 e. The van der Waals surface area contributed by atoms with Crippen molar-refractivity contribution in [1.82, 2.24) is 9.47 Å². The van der Waals surface area contributed by atoms with Crippen molar-refractivity contribution in [2.75, 3.05) is 13.1 Å². The number of carbonyl (C=O) groups is 1. The van der Waals surface area contributed by atoms with Gasteiger partial charge in [0.05, 0.1) is 5.52 Å². The third kappa shape index (κ3) is 3.06. The van der Waals surface area contributed by atoms with E-state index in [2.05, 4.69) is 27.7 Å². The zero-order valence-electron chi connectivity index (χ0n) is 16.1. The predicted molar refractivity (Wildman–Crippen MR) is 109 cm³/mol. The Balaban J connectivity index is 1.27. The van der Waals surface area contributed by atoms with Gasteiger partial charge in [-0.1, -0.05) is 18.2 Å². The van der Waals surface area contributed by atoms with Gasteiger partial charge in [-0.2, -0.15) is 0 Å². The van der Waals surface area contributed by atoms with Crippen LogP contribution in [0.4, 0.5) is 4.39 Å². The van der Waals surface area contributed by atoms with E-state index in [9.17, 15) is 9.18 Å². The Hall–Kier alpha value is -2.46. The van der Waals surface area contributed by atoms with Gasteiger partial charge in [0.15, 0.2) is 5.78 Å². The van der Waals surface area contributed by atoms with Gasteiger partial charge in [-0.05, 0) is 61.2 Å². The molecule has 144 valence electrons. The first-order chi connectivity index (χ1) is 13.7. The Morgan fingerprint density at radius 1 is 1.04 bits per heavy atom. The normalized spacial score (nSPS) is 16.3. The maximum Gasteiger partial charge on any atom is 0.162 e. The summed E-state index contributed by atoms with van der Waals surface area (Å²) in [6.07, 6.45) is 4.88. The number of benzene rings is 2. The number of halogens is 1. The van der Waals surface area contributed by atoms with Gasteiger partial charge in [0, 0.05) is 49.1 Å². The first-order valence-corrected chi connectivity index (χ1v) is 10.3. The Morgan fingerprint density at radius 2 is 1.89 bits per heavy atom. The lowest BCUT2D eigenvalue weighted by Crippen LogP contribution is -2.32. The van der Waals surface area contributed by atoms with Crippen LogP contribution in [0.15, 0.2) is 42.5 Å². The topological polar surface area (TPSA) is 25.2 Å². The summed E-state index contributed by atoms with van der Waals surface area (Å²) >= 11 is 0. The quantitative estimate of drug-likeness (QED) is 0.601. The van der Waals surface area contributed by atoms with Gasteiger partial charge in [-0.25, -0.2) is 4.39 Å². The molecule has 2 aliphatic heterocycles. The lowest BCUT2D eigenvalue weighted by Gasteiger charge is -2.28. The minimum Gasteiger partial charge on any atom is -0.344 e. The van der Waals surface area contributed by atoms with E-state index in [1.807, 2.05) is 0 Å². The van der Waals surface area contributed by atoms with Crippen LogP contribution in [0.1, 0.15) is 46.4 Å². The van der Waals surface area contributed by atoms with Crippen LogP contribution >= 0.6 is 0 Å². The summed E-state index contributed by atoms with van der Waals surface area (Å²) in [6.45, 7) is 4.12. The molecule has 4 heteroatoms. The lowest BCUT2D eigenvalue weighted by atomic mass is 10.0. The van der Waals surface area contributed by atoms with Gasteiger partial charge < -0.3 is 4.57 Å². The molecule has 3 aromatic rings. The van der Waals surface area contributed by atoms with Crippen molar-refractivity contribution < 1.29 is 9.18 Å². The van der Waals surface area contributed by atoms with Crippen LogP contribution in [-0.2, 0) is 25.9 Å². The Bertz CT molecular complexity index is 1030. The fourth-order valence-electron chi connectivity index (χ4n) is 4.95. The Kier molecular flexibility index (Phi) is 4.52. The monoisotopic (exact) mass is 376 g/mol. The number of hydrogen-bond acceptors (Lipinski definition) is 2. The molecule has 0 saturated carbocycles. The number of nitrogens with zero attached hydrogens (tertiary/aromatic N) is 2. The number of hydrogen-bond donors (Lipinski definition) is 0. The largest absolute Gasteiger partial charge is 0.344 e. The molecule has 0 bridgehead atoms. The van der Waals surface area contributed by atoms with E-state index < -0.39 is 0 Å². The molecule has 28 heavy (non-hydrogen) atoms. The molecule has 1 aromatic heterocycles. The molecule has 0 unspecified atom stereocenters. The molecule has 0 fully saturated rings. The van der Waals surface area contributed by atoms with Crippen molar-refractivity contribution in [1.29, 1.82) is 0 Å². The van der Waals surface area contributed by atoms with E-state index in [1.54, 1.807) is 12.1 Å². The molecule has 0 atom stereocenters. The minimum atomic E-state index is -0.299. The number of aryl methyl sites for hydroxylation is 2. The lowest BCUT2D eigenvalue weighted by molar-refractivity contribution is 0.0973. The maximum atomic E-state index is 13.0. The van der Waals surface area contributed by atoms with Gasteiger partial charge in [-0.3, -0.25) is 9.69 Å². The van der Waals surface area contributed by atoms with Crippen LogP contribution in [0, 0.1) is 5.82 Å². The SMILES string of the molecule is O=C(CCCN1CCc2c(c3cccc4c3n2CCC4)C1)c1ccc(F)cc1. The predicted octanol–water partition coefficient (Wildman–Crippen LogP) is 4.75. The molecule has 0 N–H and O–H groups in total. The number of para-hydroxylation sites is 1. The van der Waals surface area contributed by atoms with Crippen LogP contribution in [0.25, 0.3) is 10.9 Å². The van der Waals surface area contributed by atoms with Crippen LogP contribution in [0.5, 0.6) is 0 Å². The number of rotatable bonds is 5. The average Bonchev–Trinajstić information content (AvgIpc) is 3.04. The fraction of sp³-hybridized carbons (Fsp3) is 0.375. The standard InChI is InChI=1S/C24H25FN2O/c25-19-10-8-17(9-11-19)23(28)7-3-13-26-15-12-22-21(16-26)20-6-1-4-18-5-2-14-27(22)24(18)20/h1,4,6,8-11H,2-3,5,7,12-16H2. The van der Waals surface area contributed by atoms with E-state index >= 15 is 0 Å². The molecule has 0 aliphatic carbocycles. The molecule has 2 aliphatic rings. The first kappa shape index (κ1) is 17.6. The summed E-state index contributed by atoms with van der Waals surface area (Å²) < 4.78 is 15.6. The molecule has 2 aromatic carbocycles. The van der Waals surface area contributed by atoms with Crippen LogP contribution in [0.3, 0.4) is 0 Å². The van der Waals surface area contributed by atoms with E-state index in [-0.39, 0.29) is 11.6 Å². The van der Waals surface area contributed by atoms with E-state index in [1.165, 1.54) is 52.7 Å². The first-order valence-electron chi connectivity index (χ1n) is 10.3. The number of Topliss-reactive ketones (excluding diaryl/α,β-unsaturated/α-hetero) is 1. The van der Waals surface area contributed by atoms with Crippen molar-refractivity contribution in [3.05, 3.63) is 70.7 Å². The van der Waals surface area contributed by atoms with Crippen molar-refractivity contribution in [2.45, 2.75) is 45.2 Å². The third-order valence-corrected chi connectivity index (χ3v) is 6.31. The molecule has 5 rings (SSSR count). The van der Waals surface area contributed by atoms with Crippen LogP contribution in [0.2, 0.25) is 0 Å². The minimum absolute atomic E-state index is 0.102. The van der Waals surface area contributed by atoms with E-state index in [0.29, 0.717) is 12.0 Å². The molecular formula is C24H25FN2O. The number of ketones is 1. The second-order valence-electron chi connectivity index (χ2n) is 8.05. The third-order valence-electron chi connectivity index (χ3n) is 6.31. The Morgan fingerprint density at radius 3 is 2.75 bits per heavy atom. The summed E-state index contributed by atoms with van der Waals surface area (Å²) in [6, 6.07) is 12.6. The zero-order valence-corrected chi connectivity index (χ0v) is 16.1. The maximum absolute atomic E-state index is 13.0. The zero-order chi connectivity index (χ0) is 19.1. The molecule has 0 radical (unpaired) electrons. The van der Waals surface area contributed by atoms with Crippen molar-refractivity contribution >= 4 is 16.7 Å². The number of carbonyl (C=O) groups excluding carboxylic acids is 1. The fourth-order valence-corrected chi connectivity index (χ4v) is 4.95. The summed E-state index contributed by atoms with van der Waals surface area (Å²) in [5.74, 6) is -0.197. The average molecular weight is 376 g/mol. The number of aromatic nitrogens is 1. The number of fused-ring (bicyclic) bond motifs is 3. The molecule has 0 saturated heterocycles. The van der Waals surface area contributed by atoms with Gasteiger partial charge >= 0.3 is 0 Å². The molecule has 0 spiro atoms. The Labute approximate surface area is 164 Å². The highest BCUT2D eigenvalue weighted by Gasteiger charge is 2.26. The highest BCUT2D eigenvalue weighted by Crippen LogP contribution is 2.35. The molecule has 3 nitrogen and oxygen atoms in total. The van der Waals surface area contributed by atoms with Gasteiger partial charge in [0.2, 0.25) is 0 Å². The second kappa shape index (κ2) is 7.17. The summed E-state index contributed by atoms with van der Waals surface area (Å²) in [7, 11) is 0. The van der Waals surface area contributed by atoms with Crippen molar-refractivity contribution in [3.63, 3.8) is 0 Å². The van der Waals surface area contributed by atoms with Crippen molar-refractivity contribution in [3.8, 4) is 0 Å². The van der Waals surface area contributed by atoms with Gasteiger partial charge in [0.1, 0.15) is 5.82 Å². The van der Waals surface area contributed by atoms with Crippen LogP contribution < -0.4 is 0 Å². The summed E-state index contributed by atoms with van der Waals surface area (Å²) in [4.78, 5) is 14.8.